The second-order valence-corrected chi connectivity index (χ2v) is 5.72. The fraction of sp³-hybridized carbons (Fsp3) is 0.235. The molecule has 0 atom stereocenters. The summed E-state index contributed by atoms with van der Waals surface area (Å²) < 4.78 is 5.15. The number of phenolic OH excluding ortho intramolecular Hbond substituents is 1. The molecule has 0 aliphatic rings. The van der Waals surface area contributed by atoms with E-state index < -0.39 is 11.7 Å². The van der Waals surface area contributed by atoms with Crippen LogP contribution in [0.3, 0.4) is 0 Å². The Morgan fingerprint density at radius 2 is 1.71 bits per heavy atom. The summed E-state index contributed by atoms with van der Waals surface area (Å²) in [5.41, 5.74) is 1.62. The lowest BCUT2D eigenvalue weighted by Gasteiger charge is -2.20. The largest absolute Gasteiger partial charge is 0.506 e. The maximum absolute atomic E-state index is 11.7. The minimum absolute atomic E-state index is 0.00205. The lowest BCUT2D eigenvalue weighted by atomic mass is 10.1. The van der Waals surface area contributed by atoms with Crippen LogP contribution in [0.4, 0.5) is 10.5 Å². The zero-order chi connectivity index (χ0) is 15.5. The van der Waals surface area contributed by atoms with Crippen LogP contribution in [-0.2, 0) is 4.74 Å². The molecule has 4 heteroatoms. The van der Waals surface area contributed by atoms with Gasteiger partial charge in [0.1, 0.15) is 11.4 Å². The van der Waals surface area contributed by atoms with Crippen LogP contribution >= 0.6 is 0 Å². The van der Waals surface area contributed by atoms with Crippen LogP contribution in [0, 0.1) is 0 Å². The topological polar surface area (TPSA) is 58.6 Å². The van der Waals surface area contributed by atoms with Gasteiger partial charge in [-0.1, -0.05) is 36.4 Å². The van der Waals surface area contributed by atoms with Crippen LogP contribution < -0.4 is 5.32 Å². The van der Waals surface area contributed by atoms with Crippen LogP contribution in [0.25, 0.3) is 11.1 Å². The summed E-state index contributed by atoms with van der Waals surface area (Å²) in [5, 5.41) is 12.6. The number of amides is 1. The Morgan fingerprint density at radius 3 is 2.29 bits per heavy atom. The van der Waals surface area contributed by atoms with Crippen LogP contribution in [0.15, 0.2) is 48.5 Å². The van der Waals surface area contributed by atoms with Gasteiger partial charge in [0.15, 0.2) is 0 Å². The standard InChI is InChI=1S/C17H19NO3/c1-17(2,3)21-16(20)18-14-10-9-13(11-15(14)19)12-7-5-4-6-8-12/h4-11,19H,1-3H3,(H,18,20). The van der Waals surface area contributed by atoms with E-state index in [0.717, 1.165) is 11.1 Å². The normalized spacial score (nSPS) is 11.0. The molecule has 0 heterocycles. The molecule has 0 saturated heterocycles. The van der Waals surface area contributed by atoms with Crippen molar-refractivity contribution in [2.45, 2.75) is 26.4 Å². The van der Waals surface area contributed by atoms with Gasteiger partial charge in [0, 0.05) is 0 Å². The van der Waals surface area contributed by atoms with E-state index in [4.69, 9.17) is 4.74 Å². The maximum Gasteiger partial charge on any atom is 0.412 e. The molecule has 2 aromatic rings. The zero-order valence-electron chi connectivity index (χ0n) is 12.4. The highest BCUT2D eigenvalue weighted by Gasteiger charge is 2.17. The maximum atomic E-state index is 11.7. The van der Waals surface area contributed by atoms with Gasteiger partial charge >= 0.3 is 6.09 Å². The van der Waals surface area contributed by atoms with Crippen molar-refractivity contribution in [2.24, 2.45) is 0 Å². The van der Waals surface area contributed by atoms with Gasteiger partial charge in [-0.25, -0.2) is 4.79 Å². The molecule has 1 amide bonds. The van der Waals surface area contributed by atoms with Crippen molar-refractivity contribution >= 4 is 11.8 Å². The number of phenols is 1. The third-order valence-corrected chi connectivity index (χ3v) is 2.74. The monoisotopic (exact) mass is 285 g/mol. The number of nitrogens with one attached hydrogen (secondary N) is 1. The molecule has 0 aromatic heterocycles. The summed E-state index contributed by atoms with van der Waals surface area (Å²) in [6.45, 7) is 5.35. The number of hydrogen-bond donors (Lipinski definition) is 2. The molecule has 2 rings (SSSR count). The van der Waals surface area contributed by atoms with Crippen molar-refractivity contribution in [3.63, 3.8) is 0 Å². The summed E-state index contributed by atoms with van der Waals surface area (Å²) >= 11 is 0. The van der Waals surface area contributed by atoms with E-state index in [9.17, 15) is 9.90 Å². The van der Waals surface area contributed by atoms with Crippen molar-refractivity contribution in [2.75, 3.05) is 5.32 Å². The van der Waals surface area contributed by atoms with E-state index >= 15 is 0 Å². The molecule has 0 fully saturated rings. The van der Waals surface area contributed by atoms with E-state index in [0.29, 0.717) is 5.69 Å². The first-order chi connectivity index (χ1) is 9.85. The number of benzene rings is 2. The minimum atomic E-state index is -0.592. The first kappa shape index (κ1) is 14.9. The van der Waals surface area contributed by atoms with Crippen molar-refractivity contribution < 1.29 is 14.6 Å². The minimum Gasteiger partial charge on any atom is -0.506 e. The molecule has 0 spiro atoms. The first-order valence-corrected chi connectivity index (χ1v) is 6.73. The first-order valence-electron chi connectivity index (χ1n) is 6.73. The smallest absolute Gasteiger partial charge is 0.412 e. The quantitative estimate of drug-likeness (QED) is 0.804. The number of ether oxygens (including phenoxy) is 1. The number of carbonyl (C=O) groups excluding carboxylic acids is 1. The van der Waals surface area contributed by atoms with Gasteiger partial charge in [-0.15, -0.1) is 0 Å². The van der Waals surface area contributed by atoms with E-state index in [1.165, 1.54) is 0 Å². The van der Waals surface area contributed by atoms with Gasteiger partial charge in [0.2, 0.25) is 0 Å². The molecule has 0 radical (unpaired) electrons. The highest BCUT2D eigenvalue weighted by atomic mass is 16.6. The van der Waals surface area contributed by atoms with Gasteiger partial charge < -0.3 is 9.84 Å². The number of carbonyl (C=O) groups is 1. The SMILES string of the molecule is CC(C)(C)OC(=O)Nc1ccc(-c2ccccc2)cc1O. The highest BCUT2D eigenvalue weighted by molar-refractivity contribution is 5.87. The number of anilines is 1. The molecule has 21 heavy (non-hydrogen) atoms. The zero-order valence-corrected chi connectivity index (χ0v) is 12.4. The van der Waals surface area contributed by atoms with Crippen LogP contribution in [0.2, 0.25) is 0 Å². The Bertz CT molecular complexity index is 630. The number of hydrogen-bond acceptors (Lipinski definition) is 3. The average molecular weight is 285 g/mol. The molecule has 0 aliphatic carbocycles. The Labute approximate surface area is 124 Å². The molecular formula is C17H19NO3. The van der Waals surface area contributed by atoms with E-state index in [2.05, 4.69) is 5.32 Å². The summed E-state index contributed by atoms with van der Waals surface area (Å²) in [5.74, 6) is 0.00205. The van der Waals surface area contributed by atoms with Gasteiger partial charge in [-0.05, 0) is 44.0 Å². The van der Waals surface area contributed by atoms with E-state index in [1.807, 2.05) is 36.4 Å². The van der Waals surface area contributed by atoms with Gasteiger partial charge in [-0.2, -0.15) is 0 Å². The van der Waals surface area contributed by atoms with Gasteiger partial charge in [0.05, 0.1) is 5.69 Å². The molecule has 0 bridgehead atoms. The molecule has 0 unspecified atom stereocenters. The molecule has 2 aromatic carbocycles. The van der Waals surface area contributed by atoms with Gasteiger partial charge in [-0.3, -0.25) is 5.32 Å². The Morgan fingerprint density at radius 1 is 1.05 bits per heavy atom. The van der Waals surface area contributed by atoms with Crippen molar-refractivity contribution in [1.29, 1.82) is 0 Å². The summed E-state index contributed by atoms with van der Waals surface area (Å²) in [7, 11) is 0. The fourth-order valence-corrected chi connectivity index (χ4v) is 1.86. The Kier molecular flexibility index (Phi) is 4.17. The molecule has 4 nitrogen and oxygen atoms in total. The second-order valence-electron chi connectivity index (χ2n) is 5.72. The van der Waals surface area contributed by atoms with Crippen LogP contribution in [0.1, 0.15) is 20.8 Å². The van der Waals surface area contributed by atoms with Crippen molar-refractivity contribution in [3.8, 4) is 16.9 Å². The molecule has 0 saturated carbocycles. The van der Waals surface area contributed by atoms with E-state index in [-0.39, 0.29) is 5.75 Å². The predicted molar refractivity (Wildman–Crippen MR) is 83.4 cm³/mol. The highest BCUT2D eigenvalue weighted by Crippen LogP contribution is 2.30. The van der Waals surface area contributed by atoms with Gasteiger partial charge in [0.25, 0.3) is 0 Å². The van der Waals surface area contributed by atoms with Crippen molar-refractivity contribution in [3.05, 3.63) is 48.5 Å². The summed E-state index contributed by atoms with van der Waals surface area (Å²) in [6, 6.07) is 14.8. The average Bonchev–Trinajstić information content (AvgIpc) is 2.40. The van der Waals surface area contributed by atoms with Crippen molar-refractivity contribution in [1.82, 2.24) is 0 Å². The lowest BCUT2D eigenvalue weighted by molar-refractivity contribution is 0.0635. The molecule has 0 aliphatic heterocycles. The predicted octanol–water partition coefficient (Wildman–Crippen LogP) is 4.41. The Balaban J connectivity index is 2.15. The number of rotatable bonds is 2. The summed E-state index contributed by atoms with van der Waals surface area (Å²) in [4.78, 5) is 11.7. The molecule has 2 N–H and O–H groups in total. The summed E-state index contributed by atoms with van der Waals surface area (Å²) in [6.07, 6.45) is -0.592. The lowest BCUT2D eigenvalue weighted by Crippen LogP contribution is -2.27. The van der Waals surface area contributed by atoms with Crippen LogP contribution in [-0.4, -0.2) is 16.8 Å². The third-order valence-electron chi connectivity index (χ3n) is 2.74. The third kappa shape index (κ3) is 4.24. The van der Waals surface area contributed by atoms with E-state index in [1.54, 1.807) is 32.9 Å². The fourth-order valence-electron chi connectivity index (χ4n) is 1.86. The number of aromatic hydroxyl groups is 1. The van der Waals surface area contributed by atoms with Crippen LogP contribution in [0.5, 0.6) is 5.75 Å². The molecule has 110 valence electrons. The Hall–Kier alpha value is -2.49. The second kappa shape index (κ2) is 5.87. The molecular weight excluding hydrogens is 266 g/mol.